The van der Waals surface area contributed by atoms with E-state index in [2.05, 4.69) is 22.1 Å². The summed E-state index contributed by atoms with van der Waals surface area (Å²) in [5, 5.41) is 8.37. The van der Waals surface area contributed by atoms with Gasteiger partial charge in [0.25, 0.3) is 0 Å². The van der Waals surface area contributed by atoms with E-state index in [1.54, 1.807) is 0 Å². The number of likely N-dealkylation sites (N-methyl/N-ethyl adjacent to an activating group) is 1. The number of hydrogen-bond acceptors (Lipinski definition) is 4. The Morgan fingerprint density at radius 1 is 1.29 bits per heavy atom. The van der Waals surface area contributed by atoms with E-state index in [0.717, 1.165) is 62.3 Å². The van der Waals surface area contributed by atoms with Gasteiger partial charge >= 0.3 is 0 Å². The van der Waals surface area contributed by atoms with Crippen LogP contribution in [-0.4, -0.2) is 71.3 Å². The normalized spacial score (nSPS) is 21.5. The Balaban J connectivity index is 1.50. The van der Waals surface area contributed by atoms with Crippen LogP contribution >= 0.6 is 0 Å². The van der Waals surface area contributed by atoms with Gasteiger partial charge in [-0.1, -0.05) is 18.2 Å². The largest absolute Gasteiger partial charge is 0.381 e. The van der Waals surface area contributed by atoms with Crippen LogP contribution in [0.25, 0.3) is 10.9 Å². The summed E-state index contributed by atoms with van der Waals surface area (Å²) in [5.74, 6) is 0.184. The van der Waals surface area contributed by atoms with Gasteiger partial charge in [0.2, 0.25) is 5.91 Å². The summed E-state index contributed by atoms with van der Waals surface area (Å²) in [7, 11) is 2.18. The number of rotatable bonds is 2. The van der Waals surface area contributed by atoms with E-state index in [1.807, 2.05) is 29.2 Å². The Morgan fingerprint density at radius 3 is 2.92 bits per heavy atom. The lowest BCUT2D eigenvalue weighted by Crippen LogP contribution is -2.63. The second-order valence-corrected chi connectivity index (χ2v) is 6.97. The van der Waals surface area contributed by atoms with E-state index < -0.39 is 0 Å². The molecule has 128 valence electrons. The number of ether oxygens (including phenoxy) is 1. The van der Waals surface area contributed by atoms with Gasteiger partial charge in [-0.25, -0.2) is 0 Å². The maximum atomic E-state index is 12.9. The number of aromatic nitrogens is 2. The van der Waals surface area contributed by atoms with Crippen molar-refractivity contribution in [1.29, 1.82) is 0 Å². The van der Waals surface area contributed by atoms with Crippen LogP contribution in [0.3, 0.4) is 0 Å². The summed E-state index contributed by atoms with van der Waals surface area (Å²) in [4.78, 5) is 17.3. The Kier molecular flexibility index (Phi) is 4.02. The molecule has 1 aromatic heterocycles. The molecule has 2 fully saturated rings. The van der Waals surface area contributed by atoms with Gasteiger partial charge in [-0.3, -0.25) is 14.8 Å². The number of amides is 1. The molecule has 6 nitrogen and oxygen atoms in total. The summed E-state index contributed by atoms with van der Waals surface area (Å²) in [6.07, 6.45) is 2.39. The molecule has 0 atom stereocenters. The highest BCUT2D eigenvalue weighted by molar-refractivity contribution is 5.87. The van der Waals surface area contributed by atoms with Gasteiger partial charge in [0.05, 0.1) is 17.6 Å². The second-order valence-electron chi connectivity index (χ2n) is 6.97. The van der Waals surface area contributed by atoms with Crippen LogP contribution < -0.4 is 0 Å². The number of nitrogens with one attached hydrogen (secondary N) is 1. The smallest absolute Gasteiger partial charge is 0.228 e. The van der Waals surface area contributed by atoms with Crippen molar-refractivity contribution >= 4 is 16.8 Å². The first-order valence-electron chi connectivity index (χ1n) is 8.67. The van der Waals surface area contributed by atoms with Crippen molar-refractivity contribution in [2.75, 3.05) is 39.9 Å². The molecule has 24 heavy (non-hydrogen) atoms. The highest BCUT2D eigenvalue weighted by Crippen LogP contribution is 2.31. The van der Waals surface area contributed by atoms with E-state index >= 15 is 0 Å². The predicted octanol–water partition coefficient (Wildman–Crippen LogP) is 1.43. The van der Waals surface area contributed by atoms with Crippen molar-refractivity contribution in [1.82, 2.24) is 20.0 Å². The zero-order valence-corrected chi connectivity index (χ0v) is 14.1. The average Bonchev–Trinajstić information content (AvgIpc) is 3.01. The molecular weight excluding hydrogens is 304 g/mol. The number of H-pyrrole nitrogens is 1. The van der Waals surface area contributed by atoms with Gasteiger partial charge in [-0.05, 0) is 26.0 Å². The molecule has 0 radical (unpaired) electrons. The van der Waals surface area contributed by atoms with Crippen molar-refractivity contribution in [3.63, 3.8) is 0 Å². The molecule has 1 spiro atoms. The molecule has 2 saturated heterocycles. The van der Waals surface area contributed by atoms with Crippen LogP contribution in [0.2, 0.25) is 0 Å². The fourth-order valence-corrected chi connectivity index (χ4v) is 3.98. The summed E-state index contributed by atoms with van der Waals surface area (Å²) in [6.45, 7) is 4.10. The summed E-state index contributed by atoms with van der Waals surface area (Å²) in [5.41, 5.74) is 1.91. The zero-order chi connectivity index (χ0) is 16.6. The lowest BCUT2D eigenvalue weighted by Gasteiger charge is -2.51. The van der Waals surface area contributed by atoms with Crippen LogP contribution in [0.15, 0.2) is 24.3 Å². The van der Waals surface area contributed by atoms with Crippen LogP contribution in [-0.2, 0) is 16.0 Å². The van der Waals surface area contributed by atoms with Gasteiger partial charge < -0.3 is 9.64 Å². The molecular formula is C18H24N4O2. The number of hydrogen-bond donors (Lipinski definition) is 1. The minimum absolute atomic E-state index is 0.0855. The van der Waals surface area contributed by atoms with Gasteiger partial charge in [0.1, 0.15) is 0 Å². The number of carbonyl (C=O) groups excluding carboxylic acids is 1. The Morgan fingerprint density at radius 2 is 2.08 bits per heavy atom. The first-order valence-corrected chi connectivity index (χ1v) is 8.67. The minimum atomic E-state index is 0.0855. The molecule has 0 saturated carbocycles. The number of piperazine rings is 1. The molecule has 6 heteroatoms. The number of fused-ring (bicyclic) bond motifs is 1. The van der Waals surface area contributed by atoms with Crippen LogP contribution in [0.1, 0.15) is 18.5 Å². The Bertz CT molecular complexity index is 735. The first-order chi connectivity index (χ1) is 11.7. The van der Waals surface area contributed by atoms with Crippen molar-refractivity contribution in [2.24, 2.45) is 0 Å². The standard InChI is InChI=1S/C18H24N4O2/c1-21-8-9-22(13-18(21)6-10-24-11-7-18)17(23)12-16-14-4-2-3-5-15(14)19-20-16/h2-5H,6-13H2,1H3,(H,19,20). The quantitative estimate of drug-likeness (QED) is 0.906. The topological polar surface area (TPSA) is 61.5 Å². The highest BCUT2D eigenvalue weighted by Gasteiger charge is 2.42. The molecule has 1 N–H and O–H groups in total. The second kappa shape index (κ2) is 6.18. The molecule has 1 aromatic carbocycles. The van der Waals surface area contributed by atoms with Crippen molar-refractivity contribution < 1.29 is 9.53 Å². The fraction of sp³-hybridized carbons (Fsp3) is 0.556. The molecule has 4 rings (SSSR count). The Hall–Kier alpha value is -1.92. The summed E-state index contributed by atoms with van der Waals surface area (Å²) >= 11 is 0. The van der Waals surface area contributed by atoms with Crippen molar-refractivity contribution in [3.8, 4) is 0 Å². The molecule has 0 bridgehead atoms. The monoisotopic (exact) mass is 328 g/mol. The minimum Gasteiger partial charge on any atom is -0.381 e. The number of benzene rings is 1. The SMILES string of the molecule is CN1CCN(C(=O)Cc2[nH]nc3ccccc23)CC12CCOCC2. The van der Waals surface area contributed by atoms with E-state index in [1.165, 1.54) is 0 Å². The lowest BCUT2D eigenvalue weighted by atomic mass is 9.86. The summed E-state index contributed by atoms with van der Waals surface area (Å²) in [6, 6.07) is 7.93. The number of para-hydroxylation sites is 1. The molecule has 0 unspecified atom stereocenters. The first kappa shape index (κ1) is 15.6. The van der Waals surface area contributed by atoms with E-state index in [0.29, 0.717) is 6.42 Å². The van der Waals surface area contributed by atoms with E-state index in [9.17, 15) is 4.79 Å². The third kappa shape index (κ3) is 2.70. The maximum Gasteiger partial charge on any atom is 0.228 e. The third-order valence-corrected chi connectivity index (χ3v) is 5.64. The van der Waals surface area contributed by atoms with Crippen LogP contribution in [0.4, 0.5) is 0 Å². The van der Waals surface area contributed by atoms with E-state index in [4.69, 9.17) is 4.74 Å². The number of nitrogens with zero attached hydrogens (tertiary/aromatic N) is 3. The predicted molar refractivity (Wildman–Crippen MR) is 91.8 cm³/mol. The molecule has 2 aliphatic rings. The van der Waals surface area contributed by atoms with Crippen molar-refractivity contribution in [2.45, 2.75) is 24.8 Å². The van der Waals surface area contributed by atoms with Crippen LogP contribution in [0.5, 0.6) is 0 Å². The van der Waals surface area contributed by atoms with Crippen LogP contribution in [0, 0.1) is 0 Å². The number of carbonyl (C=O) groups is 1. The van der Waals surface area contributed by atoms with Gasteiger partial charge in [-0.2, -0.15) is 5.10 Å². The average molecular weight is 328 g/mol. The highest BCUT2D eigenvalue weighted by atomic mass is 16.5. The fourth-order valence-electron chi connectivity index (χ4n) is 3.98. The molecule has 2 aliphatic heterocycles. The number of aromatic amines is 1. The van der Waals surface area contributed by atoms with Gasteiger partial charge in [-0.15, -0.1) is 0 Å². The van der Waals surface area contributed by atoms with Gasteiger partial charge in [0.15, 0.2) is 0 Å². The molecule has 2 aromatic rings. The molecule has 0 aliphatic carbocycles. The Labute approximate surface area is 141 Å². The zero-order valence-electron chi connectivity index (χ0n) is 14.1. The van der Waals surface area contributed by atoms with E-state index in [-0.39, 0.29) is 11.4 Å². The lowest BCUT2D eigenvalue weighted by molar-refractivity contribution is -0.139. The molecule has 3 heterocycles. The third-order valence-electron chi connectivity index (χ3n) is 5.64. The maximum absolute atomic E-state index is 12.9. The summed E-state index contributed by atoms with van der Waals surface area (Å²) < 4.78 is 5.53. The van der Waals surface area contributed by atoms with Crippen molar-refractivity contribution in [3.05, 3.63) is 30.0 Å². The van der Waals surface area contributed by atoms with Gasteiger partial charge in [0, 0.05) is 43.8 Å². The molecule has 1 amide bonds.